The van der Waals surface area contributed by atoms with Crippen LogP contribution in [0.25, 0.3) is 0 Å². The molecule has 0 unspecified atom stereocenters. The maximum atomic E-state index is 6.16. The number of fused-ring (bicyclic) bond motifs is 1. The van der Waals surface area contributed by atoms with Crippen molar-refractivity contribution in [3.05, 3.63) is 53.6 Å². The minimum absolute atomic E-state index is 0.809. The van der Waals surface area contributed by atoms with Gasteiger partial charge in [0.2, 0.25) is 0 Å². The monoisotopic (exact) mass is 380 g/mol. The highest BCUT2D eigenvalue weighted by Crippen LogP contribution is 2.30. The number of aryl methyl sites for hydroxylation is 1. The Balaban J connectivity index is 1.21. The van der Waals surface area contributed by atoms with Crippen LogP contribution in [-0.2, 0) is 12.8 Å². The Hall–Kier alpha value is -2.20. The van der Waals surface area contributed by atoms with Gasteiger partial charge < -0.3 is 14.4 Å². The minimum Gasteiger partial charge on any atom is -0.495 e. The van der Waals surface area contributed by atoms with Crippen LogP contribution < -0.4 is 14.4 Å². The maximum absolute atomic E-state index is 6.16. The number of hydrogen-bond donors (Lipinski definition) is 0. The Morgan fingerprint density at radius 2 is 1.64 bits per heavy atom. The summed E-state index contributed by atoms with van der Waals surface area (Å²) in [5, 5.41) is 0. The quantitative estimate of drug-likeness (QED) is 0.673. The molecule has 2 aromatic rings. The molecule has 2 aliphatic rings. The van der Waals surface area contributed by atoms with Gasteiger partial charge in [0.05, 0.1) is 19.4 Å². The molecule has 0 radical (unpaired) electrons. The number of methoxy groups -OCH3 is 1. The number of piperazine rings is 1. The van der Waals surface area contributed by atoms with Crippen molar-refractivity contribution in [2.45, 2.75) is 32.1 Å². The molecule has 1 heterocycles. The first-order valence-corrected chi connectivity index (χ1v) is 10.7. The first kappa shape index (κ1) is 19.1. The fourth-order valence-electron chi connectivity index (χ4n) is 4.46. The normalized spacial score (nSPS) is 17.2. The van der Waals surface area contributed by atoms with E-state index in [1.165, 1.54) is 42.5 Å². The van der Waals surface area contributed by atoms with E-state index in [4.69, 9.17) is 9.47 Å². The van der Waals surface area contributed by atoms with Crippen LogP contribution >= 0.6 is 0 Å². The zero-order valence-corrected chi connectivity index (χ0v) is 17.0. The molecule has 1 aliphatic carbocycles. The second-order valence-electron chi connectivity index (χ2n) is 7.80. The zero-order chi connectivity index (χ0) is 19.2. The van der Waals surface area contributed by atoms with Crippen molar-refractivity contribution in [2.24, 2.45) is 0 Å². The molecule has 1 fully saturated rings. The first-order valence-electron chi connectivity index (χ1n) is 10.7. The third-order valence-corrected chi connectivity index (χ3v) is 6.03. The summed E-state index contributed by atoms with van der Waals surface area (Å²) in [5.74, 6) is 2.09. The van der Waals surface area contributed by atoms with Gasteiger partial charge in [-0.05, 0) is 61.4 Å². The Kier molecular flexibility index (Phi) is 6.38. The van der Waals surface area contributed by atoms with Crippen LogP contribution in [-0.4, -0.2) is 51.3 Å². The van der Waals surface area contributed by atoms with Gasteiger partial charge in [-0.25, -0.2) is 0 Å². The zero-order valence-electron chi connectivity index (χ0n) is 17.0. The molecule has 150 valence electrons. The third-order valence-electron chi connectivity index (χ3n) is 6.03. The molecule has 0 saturated carbocycles. The highest BCUT2D eigenvalue weighted by atomic mass is 16.5. The predicted molar refractivity (Wildman–Crippen MR) is 115 cm³/mol. The Morgan fingerprint density at radius 1 is 0.857 bits per heavy atom. The van der Waals surface area contributed by atoms with E-state index in [0.29, 0.717) is 0 Å². The molecule has 0 N–H and O–H groups in total. The van der Waals surface area contributed by atoms with E-state index in [9.17, 15) is 0 Å². The largest absolute Gasteiger partial charge is 0.495 e. The summed E-state index contributed by atoms with van der Waals surface area (Å²) >= 11 is 0. The van der Waals surface area contributed by atoms with Crippen LogP contribution in [0.15, 0.2) is 42.5 Å². The number of nitrogens with zero attached hydrogens (tertiary/aromatic N) is 2. The molecule has 4 nitrogen and oxygen atoms in total. The van der Waals surface area contributed by atoms with E-state index in [1.54, 1.807) is 7.11 Å². The van der Waals surface area contributed by atoms with Crippen LogP contribution in [0.2, 0.25) is 0 Å². The number of rotatable bonds is 7. The lowest BCUT2D eigenvalue weighted by molar-refractivity contribution is 0.223. The predicted octanol–water partition coefficient (Wildman–Crippen LogP) is 4.17. The summed E-state index contributed by atoms with van der Waals surface area (Å²) in [4.78, 5) is 4.98. The van der Waals surface area contributed by atoms with E-state index < -0.39 is 0 Å². The summed E-state index contributed by atoms with van der Waals surface area (Å²) < 4.78 is 11.7. The van der Waals surface area contributed by atoms with Crippen molar-refractivity contribution in [3.8, 4) is 11.5 Å². The molecule has 1 saturated heterocycles. The van der Waals surface area contributed by atoms with E-state index in [0.717, 1.165) is 57.3 Å². The van der Waals surface area contributed by atoms with Gasteiger partial charge in [0.1, 0.15) is 11.5 Å². The fourth-order valence-corrected chi connectivity index (χ4v) is 4.46. The number of ether oxygens (including phenoxy) is 2. The van der Waals surface area contributed by atoms with Crippen LogP contribution in [0.5, 0.6) is 11.5 Å². The standard InChI is InChI=1S/C24H32N2O2/c1-27-24-12-5-4-11-22(24)26-17-15-25(16-18-26)14-7-19-28-23-13-6-9-20-8-2-3-10-21(20)23/h4-6,9,11-13H,2-3,7-8,10,14-19H2,1H3. The molecule has 0 spiro atoms. The van der Waals surface area contributed by atoms with E-state index in [2.05, 4.69) is 40.1 Å². The second-order valence-corrected chi connectivity index (χ2v) is 7.80. The van der Waals surface area contributed by atoms with E-state index in [-0.39, 0.29) is 0 Å². The number of anilines is 1. The van der Waals surface area contributed by atoms with Crippen molar-refractivity contribution >= 4 is 5.69 Å². The summed E-state index contributed by atoms with van der Waals surface area (Å²) in [5.41, 5.74) is 4.16. The van der Waals surface area contributed by atoms with E-state index >= 15 is 0 Å². The van der Waals surface area contributed by atoms with Crippen LogP contribution in [0.3, 0.4) is 0 Å². The van der Waals surface area contributed by atoms with Crippen molar-refractivity contribution < 1.29 is 9.47 Å². The third kappa shape index (κ3) is 4.44. The Labute approximate surface area is 169 Å². The van der Waals surface area contributed by atoms with Crippen molar-refractivity contribution in [1.82, 2.24) is 4.90 Å². The smallest absolute Gasteiger partial charge is 0.142 e. The lowest BCUT2D eigenvalue weighted by Gasteiger charge is -2.36. The van der Waals surface area contributed by atoms with E-state index in [1.807, 2.05) is 12.1 Å². The van der Waals surface area contributed by atoms with Gasteiger partial charge >= 0.3 is 0 Å². The molecular weight excluding hydrogens is 348 g/mol. The summed E-state index contributed by atoms with van der Waals surface area (Å²) in [7, 11) is 1.75. The molecule has 2 aromatic carbocycles. The van der Waals surface area contributed by atoms with Gasteiger partial charge in [0.15, 0.2) is 0 Å². The molecule has 0 bridgehead atoms. The van der Waals surface area contributed by atoms with Gasteiger partial charge in [-0.15, -0.1) is 0 Å². The van der Waals surface area contributed by atoms with Crippen molar-refractivity contribution in [2.75, 3.05) is 51.3 Å². The van der Waals surface area contributed by atoms with Gasteiger partial charge in [-0.2, -0.15) is 0 Å². The first-order chi connectivity index (χ1) is 13.8. The van der Waals surface area contributed by atoms with Gasteiger partial charge in [0.25, 0.3) is 0 Å². The fraction of sp³-hybridized carbons (Fsp3) is 0.500. The summed E-state index contributed by atoms with van der Waals surface area (Å²) in [6.07, 6.45) is 6.08. The summed E-state index contributed by atoms with van der Waals surface area (Å²) in [6, 6.07) is 14.9. The van der Waals surface area contributed by atoms with Crippen LogP contribution in [0.4, 0.5) is 5.69 Å². The molecule has 0 aromatic heterocycles. The van der Waals surface area contributed by atoms with Crippen molar-refractivity contribution in [3.63, 3.8) is 0 Å². The summed E-state index contributed by atoms with van der Waals surface area (Å²) in [6.45, 7) is 6.20. The SMILES string of the molecule is COc1ccccc1N1CCN(CCCOc2cccc3c2CCCC3)CC1. The molecule has 4 heteroatoms. The Morgan fingerprint density at radius 3 is 2.50 bits per heavy atom. The number of benzene rings is 2. The molecule has 0 atom stereocenters. The van der Waals surface area contributed by atoms with Gasteiger partial charge in [-0.3, -0.25) is 4.90 Å². The lowest BCUT2D eigenvalue weighted by atomic mass is 9.91. The average Bonchev–Trinajstić information content (AvgIpc) is 2.77. The van der Waals surface area contributed by atoms with Gasteiger partial charge in [-0.1, -0.05) is 24.3 Å². The molecule has 0 amide bonds. The average molecular weight is 381 g/mol. The highest BCUT2D eigenvalue weighted by molar-refractivity contribution is 5.58. The minimum atomic E-state index is 0.809. The van der Waals surface area contributed by atoms with Gasteiger partial charge in [0, 0.05) is 32.7 Å². The number of para-hydroxylation sites is 2. The molecule has 1 aliphatic heterocycles. The lowest BCUT2D eigenvalue weighted by Crippen LogP contribution is -2.46. The second kappa shape index (κ2) is 9.33. The molecular formula is C24H32N2O2. The maximum Gasteiger partial charge on any atom is 0.142 e. The van der Waals surface area contributed by atoms with Crippen LogP contribution in [0.1, 0.15) is 30.4 Å². The van der Waals surface area contributed by atoms with Crippen molar-refractivity contribution in [1.29, 1.82) is 0 Å². The number of hydrogen-bond acceptors (Lipinski definition) is 4. The van der Waals surface area contributed by atoms with Crippen LogP contribution in [0, 0.1) is 0 Å². The highest BCUT2D eigenvalue weighted by Gasteiger charge is 2.19. The molecule has 4 rings (SSSR count). The Bertz CT molecular complexity index is 769. The molecule has 28 heavy (non-hydrogen) atoms. The topological polar surface area (TPSA) is 24.9 Å².